The van der Waals surface area contributed by atoms with E-state index in [4.69, 9.17) is 9.47 Å². The van der Waals surface area contributed by atoms with E-state index in [-0.39, 0.29) is 18.7 Å². The second-order valence-electron chi connectivity index (χ2n) is 4.87. The van der Waals surface area contributed by atoms with Gasteiger partial charge in [0.05, 0.1) is 12.9 Å². The fraction of sp³-hybridized carbons (Fsp3) is 0.667. The molecule has 0 atom stereocenters. The van der Waals surface area contributed by atoms with Crippen molar-refractivity contribution in [2.45, 2.75) is 39.2 Å². The lowest BCUT2D eigenvalue weighted by Gasteiger charge is -2.19. The highest BCUT2D eigenvalue weighted by molar-refractivity contribution is 5.95. The summed E-state index contributed by atoms with van der Waals surface area (Å²) in [5.41, 5.74) is 0.173. The maximum absolute atomic E-state index is 11.6. The van der Waals surface area contributed by atoms with Crippen molar-refractivity contribution in [2.24, 2.45) is 0 Å². The van der Waals surface area contributed by atoms with E-state index in [9.17, 15) is 9.59 Å². The van der Waals surface area contributed by atoms with Gasteiger partial charge in [-0.1, -0.05) is 0 Å². The first-order valence-corrected chi connectivity index (χ1v) is 5.69. The average Bonchev–Trinajstić information content (AvgIpc) is 2.66. The summed E-state index contributed by atoms with van der Waals surface area (Å²) in [5.74, 6) is 0.0126. The minimum absolute atomic E-state index is 0.0126. The van der Waals surface area contributed by atoms with Gasteiger partial charge < -0.3 is 14.8 Å². The lowest BCUT2D eigenvalue weighted by molar-refractivity contribution is -0.115. The third-order valence-corrected chi connectivity index (χ3v) is 2.09. The van der Waals surface area contributed by atoms with Crippen LogP contribution in [-0.2, 0) is 14.3 Å². The zero-order valence-electron chi connectivity index (χ0n) is 10.5. The molecule has 5 nitrogen and oxygen atoms in total. The Kier molecular flexibility index (Phi) is 4.54. The third-order valence-electron chi connectivity index (χ3n) is 2.09. The molecule has 0 fully saturated rings. The Hall–Kier alpha value is -1.52. The van der Waals surface area contributed by atoms with Gasteiger partial charge in [0.1, 0.15) is 5.60 Å². The van der Waals surface area contributed by atoms with Crippen LogP contribution in [0.25, 0.3) is 0 Å². The van der Waals surface area contributed by atoms with E-state index in [0.29, 0.717) is 18.6 Å². The Morgan fingerprint density at radius 2 is 2.18 bits per heavy atom. The van der Waals surface area contributed by atoms with Gasteiger partial charge in [0, 0.05) is 25.0 Å². The fourth-order valence-electron chi connectivity index (χ4n) is 1.35. The number of hydrogen-bond donors (Lipinski definition) is 1. The van der Waals surface area contributed by atoms with Gasteiger partial charge in [0.2, 0.25) is 0 Å². The van der Waals surface area contributed by atoms with Crippen LogP contribution in [-0.4, -0.2) is 30.6 Å². The van der Waals surface area contributed by atoms with E-state index in [0.717, 1.165) is 0 Å². The number of hydrogen-bond acceptors (Lipinski definition) is 4. The molecule has 0 saturated carbocycles. The van der Waals surface area contributed by atoms with Crippen LogP contribution in [0, 0.1) is 0 Å². The monoisotopic (exact) mass is 241 g/mol. The molecule has 17 heavy (non-hydrogen) atoms. The molecule has 0 bridgehead atoms. The largest absolute Gasteiger partial charge is 0.500 e. The molecule has 1 amide bonds. The molecule has 5 heteroatoms. The molecular formula is C12H19NO4. The summed E-state index contributed by atoms with van der Waals surface area (Å²) in [6, 6.07) is 0. The molecule has 0 aliphatic carbocycles. The molecule has 1 N–H and O–H groups in total. The van der Waals surface area contributed by atoms with E-state index < -0.39 is 11.7 Å². The summed E-state index contributed by atoms with van der Waals surface area (Å²) in [6.45, 7) is 6.22. The molecule has 0 aromatic carbocycles. The quantitative estimate of drug-likeness (QED) is 0.814. The summed E-state index contributed by atoms with van der Waals surface area (Å²) in [4.78, 5) is 22.8. The maximum atomic E-state index is 11.6. The van der Waals surface area contributed by atoms with Gasteiger partial charge in [-0.05, 0) is 20.8 Å². The summed E-state index contributed by atoms with van der Waals surface area (Å²) < 4.78 is 10.0. The molecule has 1 rings (SSSR count). The SMILES string of the molecule is CC(C)(C)OC(=O)NCCC(=O)C1=COCC1. The van der Waals surface area contributed by atoms with Gasteiger partial charge >= 0.3 is 6.09 Å². The van der Waals surface area contributed by atoms with Crippen LogP contribution in [0.2, 0.25) is 0 Å². The minimum Gasteiger partial charge on any atom is -0.500 e. The Balaban J connectivity index is 2.19. The first-order valence-electron chi connectivity index (χ1n) is 5.69. The average molecular weight is 241 g/mol. The highest BCUT2D eigenvalue weighted by Gasteiger charge is 2.17. The van der Waals surface area contributed by atoms with E-state index in [2.05, 4.69) is 5.32 Å². The highest BCUT2D eigenvalue weighted by Crippen LogP contribution is 2.12. The number of Topliss-reactive ketones (excluding diaryl/α,β-unsaturated/α-hetero) is 1. The van der Waals surface area contributed by atoms with Crippen molar-refractivity contribution in [3.63, 3.8) is 0 Å². The molecule has 0 radical (unpaired) electrons. The molecule has 1 heterocycles. The van der Waals surface area contributed by atoms with Crippen molar-refractivity contribution in [1.82, 2.24) is 5.32 Å². The first-order chi connectivity index (χ1) is 7.88. The fourth-order valence-corrected chi connectivity index (χ4v) is 1.35. The zero-order valence-corrected chi connectivity index (χ0v) is 10.5. The van der Waals surface area contributed by atoms with Crippen LogP contribution in [0.4, 0.5) is 4.79 Å². The van der Waals surface area contributed by atoms with E-state index in [1.165, 1.54) is 6.26 Å². The van der Waals surface area contributed by atoms with Crippen LogP contribution < -0.4 is 5.32 Å². The van der Waals surface area contributed by atoms with Gasteiger partial charge in [0.25, 0.3) is 0 Å². The van der Waals surface area contributed by atoms with Gasteiger partial charge in [-0.2, -0.15) is 0 Å². The van der Waals surface area contributed by atoms with Crippen LogP contribution in [0.5, 0.6) is 0 Å². The van der Waals surface area contributed by atoms with Gasteiger partial charge in [-0.25, -0.2) is 4.79 Å². The van der Waals surface area contributed by atoms with Crippen LogP contribution in [0.3, 0.4) is 0 Å². The predicted molar refractivity (Wildman–Crippen MR) is 62.5 cm³/mol. The molecule has 1 aliphatic rings. The Morgan fingerprint density at radius 1 is 1.47 bits per heavy atom. The zero-order chi connectivity index (χ0) is 12.9. The van der Waals surface area contributed by atoms with Crippen molar-refractivity contribution in [3.8, 4) is 0 Å². The standard InChI is InChI=1S/C12H19NO4/c1-12(2,3)17-11(15)13-6-4-10(14)9-5-7-16-8-9/h8H,4-7H2,1-3H3,(H,13,15). The van der Waals surface area contributed by atoms with E-state index >= 15 is 0 Å². The van der Waals surface area contributed by atoms with Crippen LogP contribution in [0.1, 0.15) is 33.6 Å². The van der Waals surface area contributed by atoms with Crippen molar-refractivity contribution >= 4 is 11.9 Å². The van der Waals surface area contributed by atoms with Crippen molar-refractivity contribution in [1.29, 1.82) is 0 Å². The number of ether oxygens (including phenoxy) is 2. The van der Waals surface area contributed by atoms with Crippen LogP contribution in [0.15, 0.2) is 11.8 Å². The van der Waals surface area contributed by atoms with Crippen molar-refractivity contribution in [3.05, 3.63) is 11.8 Å². The Labute approximate surface area is 101 Å². The minimum atomic E-state index is -0.518. The lowest BCUT2D eigenvalue weighted by Crippen LogP contribution is -2.33. The Morgan fingerprint density at radius 3 is 2.71 bits per heavy atom. The van der Waals surface area contributed by atoms with Crippen molar-refractivity contribution < 1.29 is 19.1 Å². The predicted octanol–water partition coefficient (Wildman–Crippen LogP) is 1.77. The number of amides is 1. The highest BCUT2D eigenvalue weighted by atomic mass is 16.6. The molecule has 0 aromatic rings. The van der Waals surface area contributed by atoms with E-state index in [1.54, 1.807) is 20.8 Å². The molecule has 0 saturated heterocycles. The molecular weight excluding hydrogens is 222 g/mol. The Bertz CT molecular complexity index is 328. The number of ketones is 1. The van der Waals surface area contributed by atoms with Crippen molar-refractivity contribution in [2.75, 3.05) is 13.2 Å². The second kappa shape index (κ2) is 5.70. The summed E-state index contributed by atoms with van der Waals surface area (Å²) in [5, 5.41) is 2.54. The topological polar surface area (TPSA) is 64.6 Å². The van der Waals surface area contributed by atoms with Gasteiger partial charge in [-0.3, -0.25) is 4.79 Å². The van der Waals surface area contributed by atoms with Gasteiger partial charge in [-0.15, -0.1) is 0 Å². The summed E-state index contributed by atoms with van der Waals surface area (Å²) >= 11 is 0. The molecule has 1 aliphatic heterocycles. The maximum Gasteiger partial charge on any atom is 0.407 e. The number of carbonyl (C=O) groups excluding carboxylic acids is 2. The van der Waals surface area contributed by atoms with E-state index in [1.807, 2.05) is 0 Å². The lowest BCUT2D eigenvalue weighted by atomic mass is 10.1. The first kappa shape index (κ1) is 13.5. The molecule has 0 spiro atoms. The normalized spacial score (nSPS) is 14.9. The van der Waals surface area contributed by atoms with Crippen LogP contribution >= 0.6 is 0 Å². The smallest absolute Gasteiger partial charge is 0.407 e. The number of rotatable bonds is 4. The number of nitrogens with one attached hydrogen (secondary N) is 1. The number of carbonyl (C=O) groups is 2. The second-order valence-corrected chi connectivity index (χ2v) is 4.87. The number of alkyl carbamates (subject to hydrolysis) is 1. The van der Waals surface area contributed by atoms with Gasteiger partial charge in [0.15, 0.2) is 5.78 Å². The molecule has 0 unspecified atom stereocenters. The molecule has 0 aromatic heterocycles. The third kappa shape index (κ3) is 5.38. The summed E-state index contributed by atoms with van der Waals surface area (Å²) in [6.07, 6.45) is 1.93. The molecule has 96 valence electrons. The summed E-state index contributed by atoms with van der Waals surface area (Å²) in [7, 11) is 0.